The Bertz CT molecular complexity index is 191. The van der Waals surface area contributed by atoms with Gasteiger partial charge in [-0.3, -0.25) is 4.90 Å². The molecule has 0 saturated carbocycles. The lowest BCUT2D eigenvalue weighted by Gasteiger charge is -2.35. The Labute approximate surface area is 104 Å². The highest BCUT2D eigenvalue weighted by Gasteiger charge is 2.23. The third-order valence-corrected chi connectivity index (χ3v) is 3.81. The molecule has 1 N–H and O–H groups in total. The quantitative estimate of drug-likeness (QED) is 0.800. The molecule has 1 rings (SSSR count). The van der Waals surface area contributed by atoms with Crippen LogP contribution in [0.15, 0.2) is 0 Å². The van der Waals surface area contributed by atoms with Crippen LogP contribution in [-0.4, -0.2) is 59.0 Å². The minimum Gasteiger partial charge on any atom is -0.389 e. The monoisotopic (exact) mass is 247 g/mol. The first-order valence-electron chi connectivity index (χ1n) is 6.15. The zero-order valence-electron chi connectivity index (χ0n) is 10.8. The van der Waals surface area contributed by atoms with Crippen molar-refractivity contribution in [2.24, 2.45) is 0 Å². The Kier molecular flexibility index (Phi) is 6.11. The summed E-state index contributed by atoms with van der Waals surface area (Å²) < 4.78 is 5.42. The fourth-order valence-corrected chi connectivity index (χ4v) is 3.47. The molecule has 16 heavy (non-hydrogen) atoms. The fourth-order valence-electron chi connectivity index (χ4n) is 2.09. The van der Waals surface area contributed by atoms with E-state index < -0.39 is 0 Å². The number of ether oxygens (including phenoxy) is 1. The zero-order valence-corrected chi connectivity index (χ0v) is 11.7. The molecule has 0 aromatic carbocycles. The van der Waals surface area contributed by atoms with Crippen LogP contribution in [-0.2, 0) is 4.74 Å². The first kappa shape index (κ1) is 14.3. The summed E-state index contributed by atoms with van der Waals surface area (Å²) in [6.07, 6.45) is -0.158. The van der Waals surface area contributed by atoms with E-state index in [9.17, 15) is 5.11 Å². The third kappa shape index (κ3) is 5.53. The number of hydrogen-bond donors (Lipinski definition) is 1. The van der Waals surface area contributed by atoms with Crippen LogP contribution in [0.3, 0.4) is 0 Å². The van der Waals surface area contributed by atoms with Gasteiger partial charge in [0.2, 0.25) is 0 Å². The molecule has 3 unspecified atom stereocenters. The smallest absolute Gasteiger partial charge is 0.0900 e. The highest BCUT2D eigenvalue weighted by Crippen LogP contribution is 2.24. The van der Waals surface area contributed by atoms with Gasteiger partial charge in [-0.2, -0.15) is 11.8 Å². The molecule has 96 valence electrons. The summed E-state index contributed by atoms with van der Waals surface area (Å²) in [6, 6.07) is 0. The molecule has 0 radical (unpaired) electrons. The van der Waals surface area contributed by atoms with Gasteiger partial charge < -0.3 is 9.84 Å². The molecule has 1 aliphatic rings. The van der Waals surface area contributed by atoms with Crippen molar-refractivity contribution >= 4 is 11.8 Å². The zero-order chi connectivity index (χ0) is 12.1. The molecule has 1 saturated heterocycles. The molecule has 4 heteroatoms. The van der Waals surface area contributed by atoms with Gasteiger partial charge in [-0.15, -0.1) is 0 Å². The molecule has 1 aliphatic heterocycles. The second kappa shape index (κ2) is 6.84. The molecule has 0 bridgehead atoms. The number of β-amino-alcohol motifs (C(OH)–C–C–N with tert-alkyl or cyclic N) is 1. The minimum absolute atomic E-state index is 0.199. The Morgan fingerprint density at radius 1 is 1.31 bits per heavy atom. The molecular weight excluding hydrogens is 222 g/mol. The predicted molar refractivity (Wildman–Crippen MR) is 70.0 cm³/mol. The number of rotatable bonds is 5. The SMILES string of the molecule is CC(C)OCC(O)CN1CC(C)SC(C)C1. The van der Waals surface area contributed by atoms with E-state index in [-0.39, 0.29) is 12.2 Å². The summed E-state index contributed by atoms with van der Waals surface area (Å²) in [5.74, 6) is 0. The molecule has 1 fully saturated rings. The normalized spacial score (nSPS) is 29.6. The van der Waals surface area contributed by atoms with Gasteiger partial charge in [0.1, 0.15) is 0 Å². The van der Waals surface area contributed by atoms with Crippen molar-refractivity contribution in [3.8, 4) is 0 Å². The number of hydrogen-bond acceptors (Lipinski definition) is 4. The van der Waals surface area contributed by atoms with E-state index in [1.54, 1.807) is 0 Å². The topological polar surface area (TPSA) is 32.7 Å². The van der Waals surface area contributed by atoms with E-state index in [1.165, 1.54) is 0 Å². The van der Waals surface area contributed by atoms with Gasteiger partial charge in [0.25, 0.3) is 0 Å². The molecule has 0 spiro atoms. The van der Waals surface area contributed by atoms with Crippen molar-refractivity contribution in [1.29, 1.82) is 0 Å². The molecule has 3 atom stereocenters. The van der Waals surface area contributed by atoms with Crippen molar-refractivity contribution < 1.29 is 9.84 Å². The maximum atomic E-state index is 9.85. The van der Waals surface area contributed by atoms with Gasteiger partial charge in [0.15, 0.2) is 0 Å². The van der Waals surface area contributed by atoms with Crippen LogP contribution >= 0.6 is 11.8 Å². The summed E-state index contributed by atoms with van der Waals surface area (Å²) in [6.45, 7) is 11.8. The predicted octanol–water partition coefficient (Wildman–Crippen LogP) is 1.60. The number of aliphatic hydroxyl groups excluding tert-OH is 1. The van der Waals surface area contributed by atoms with Crippen molar-refractivity contribution in [3.05, 3.63) is 0 Å². The summed E-state index contributed by atoms with van der Waals surface area (Å²) in [5, 5.41) is 11.2. The maximum absolute atomic E-state index is 9.85. The lowest BCUT2D eigenvalue weighted by atomic mass is 10.2. The summed E-state index contributed by atoms with van der Waals surface area (Å²) in [7, 11) is 0. The first-order valence-corrected chi connectivity index (χ1v) is 7.09. The Morgan fingerprint density at radius 3 is 2.38 bits per heavy atom. The number of thioether (sulfide) groups is 1. The van der Waals surface area contributed by atoms with Gasteiger partial charge in [0.05, 0.1) is 18.8 Å². The average Bonchev–Trinajstić information content (AvgIpc) is 2.12. The second-order valence-corrected chi connectivity index (χ2v) is 6.89. The van der Waals surface area contributed by atoms with Crippen molar-refractivity contribution in [3.63, 3.8) is 0 Å². The van der Waals surface area contributed by atoms with E-state index in [4.69, 9.17) is 4.74 Å². The number of nitrogens with zero attached hydrogens (tertiary/aromatic N) is 1. The molecule has 0 aromatic rings. The highest BCUT2D eigenvalue weighted by molar-refractivity contribution is 8.00. The Hall–Kier alpha value is 0.230. The van der Waals surface area contributed by atoms with E-state index >= 15 is 0 Å². The third-order valence-electron chi connectivity index (χ3n) is 2.59. The second-order valence-electron chi connectivity index (χ2n) is 5.01. The van der Waals surface area contributed by atoms with E-state index in [0.717, 1.165) is 19.6 Å². The van der Waals surface area contributed by atoms with Crippen molar-refractivity contribution in [2.75, 3.05) is 26.2 Å². The van der Waals surface area contributed by atoms with Crippen LogP contribution in [0, 0.1) is 0 Å². The summed E-state index contributed by atoms with van der Waals surface area (Å²) in [5.41, 5.74) is 0. The van der Waals surface area contributed by atoms with Crippen molar-refractivity contribution in [2.45, 2.75) is 50.4 Å². The lowest BCUT2D eigenvalue weighted by molar-refractivity contribution is -0.00857. The Balaban J connectivity index is 2.24. The summed E-state index contributed by atoms with van der Waals surface area (Å²) in [4.78, 5) is 2.35. The highest BCUT2D eigenvalue weighted by atomic mass is 32.2. The standard InChI is InChI=1S/C12H25NO2S/c1-9(2)15-8-12(14)7-13-5-10(3)16-11(4)6-13/h9-12,14H,5-8H2,1-4H3. The van der Waals surface area contributed by atoms with Gasteiger partial charge >= 0.3 is 0 Å². The van der Waals surface area contributed by atoms with Gasteiger partial charge in [0, 0.05) is 30.1 Å². The average molecular weight is 247 g/mol. The largest absolute Gasteiger partial charge is 0.389 e. The van der Waals surface area contributed by atoms with Crippen LogP contribution in [0.5, 0.6) is 0 Å². The molecule has 1 heterocycles. The van der Waals surface area contributed by atoms with Crippen LogP contribution in [0.1, 0.15) is 27.7 Å². The molecule has 0 aromatic heterocycles. The first-order chi connectivity index (χ1) is 7.47. The molecule has 3 nitrogen and oxygen atoms in total. The Morgan fingerprint density at radius 2 is 1.88 bits per heavy atom. The minimum atomic E-state index is -0.357. The van der Waals surface area contributed by atoms with E-state index in [0.29, 0.717) is 17.1 Å². The lowest BCUT2D eigenvalue weighted by Crippen LogP contribution is -2.45. The summed E-state index contributed by atoms with van der Waals surface area (Å²) >= 11 is 2.04. The van der Waals surface area contributed by atoms with E-state index in [1.807, 2.05) is 25.6 Å². The van der Waals surface area contributed by atoms with Gasteiger partial charge in [-0.1, -0.05) is 13.8 Å². The van der Waals surface area contributed by atoms with Crippen LogP contribution < -0.4 is 0 Å². The van der Waals surface area contributed by atoms with Gasteiger partial charge in [-0.25, -0.2) is 0 Å². The number of aliphatic hydroxyl groups is 1. The fraction of sp³-hybridized carbons (Fsp3) is 1.00. The van der Waals surface area contributed by atoms with Crippen LogP contribution in [0.2, 0.25) is 0 Å². The van der Waals surface area contributed by atoms with E-state index in [2.05, 4.69) is 18.7 Å². The molecular formula is C12H25NO2S. The van der Waals surface area contributed by atoms with Crippen molar-refractivity contribution in [1.82, 2.24) is 4.90 Å². The maximum Gasteiger partial charge on any atom is 0.0900 e. The van der Waals surface area contributed by atoms with Gasteiger partial charge in [-0.05, 0) is 13.8 Å². The molecule has 0 amide bonds. The van der Waals surface area contributed by atoms with Crippen LogP contribution in [0.25, 0.3) is 0 Å². The van der Waals surface area contributed by atoms with Crippen LogP contribution in [0.4, 0.5) is 0 Å². The molecule has 0 aliphatic carbocycles.